The predicted octanol–water partition coefficient (Wildman–Crippen LogP) is 0.890. The fourth-order valence-corrected chi connectivity index (χ4v) is 3.53. The van der Waals surface area contributed by atoms with Gasteiger partial charge in [-0.05, 0) is 39.1 Å². The van der Waals surface area contributed by atoms with E-state index in [9.17, 15) is 9.59 Å². The zero-order valence-corrected chi connectivity index (χ0v) is 19.2. The van der Waals surface area contributed by atoms with Gasteiger partial charge in [-0.25, -0.2) is 14.8 Å². The van der Waals surface area contributed by atoms with E-state index in [1.165, 1.54) is 11.7 Å². The molecule has 0 saturated carbocycles. The molecule has 0 atom stereocenters. The van der Waals surface area contributed by atoms with Crippen LogP contribution in [0.2, 0.25) is 0 Å². The lowest BCUT2D eigenvalue weighted by Gasteiger charge is -2.30. The van der Waals surface area contributed by atoms with Gasteiger partial charge >= 0.3 is 11.7 Å². The van der Waals surface area contributed by atoms with Gasteiger partial charge in [0.2, 0.25) is 0 Å². The topological polar surface area (TPSA) is 137 Å². The summed E-state index contributed by atoms with van der Waals surface area (Å²) in [5.74, 6) is 0.350. The fourth-order valence-electron chi connectivity index (χ4n) is 3.53. The summed E-state index contributed by atoms with van der Waals surface area (Å²) in [6, 6.07) is 0. The van der Waals surface area contributed by atoms with Gasteiger partial charge in [0.05, 0.1) is 32.8 Å². The third kappa shape index (κ3) is 7.57. The Kier molecular flexibility index (Phi) is 11.1. The number of carbonyl (C=O) groups is 1. The van der Waals surface area contributed by atoms with E-state index in [1.807, 2.05) is 0 Å². The SMILES string of the molecule is C=Nc1c(/C(N)=N\COCCCC)[nH]c(=O)n1CCOCCN1CCC(C(=O)OC)CC1. The molecule has 0 amide bonds. The summed E-state index contributed by atoms with van der Waals surface area (Å²) < 4.78 is 17.3. The van der Waals surface area contributed by atoms with E-state index >= 15 is 0 Å². The monoisotopic (exact) mass is 452 g/mol. The number of hydrogen-bond acceptors (Lipinski definition) is 8. The van der Waals surface area contributed by atoms with E-state index in [0.29, 0.717) is 37.9 Å². The highest BCUT2D eigenvalue weighted by molar-refractivity contribution is 5.99. The van der Waals surface area contributed by atoms with Crippen molar-refractivity contribution in [1.29, 1.82) is 0 Å². The second-order valence-corrected chi connectivity index (χ2v) is 7.62. The van der Waals surface area contributed by atoms with Gasteiger partial charge in [-0.2, -0.15) is 0 Å². The first-order chi connectivity index (χ1) is 15.5. The molecule has 1 aromatic rings. The molecule has 1 aromatic heterocycles. The highest BCUT2D eigenvalue weighted by atomic mass is 16.5. The molecule has 1 aliphatic rings. The Balaban J connectivity index is 1.77. The number of hydrogen-bond donors (Lipinski definition) is 2. The van der Waals surface area contributed by atoms with Gasteiger partial charge in [0.15, 0.2) is 5.82 Å². The number of unbranched alkanes of at least 4 members (excludes halogenated alkanes) is 1. The van der Waals surface area contributed by atoms with Crippen LogP contribution < -0.4 is 11.4 Å². The van der Waals surface area contributed by atoms with Crippen LogP contribution in [0.5, 0.6) is 0 Å². The number of piperidine rings is 1. The maximum absolute atomic E-state index is 12.3. The zero-order valence-electron chi connectivity index (χ0n) is 19.2. The first-order valence-electron chi connectivity index (χ1n) is 11.1. The molecule has 1 fully saturated rings. The zero-order chi connectivity index (χ0) is 23.3. The number of aliphatic imine (C=N–C) groups is 2. The van der Waals surface area contributed by atoms with Gasteiger partial charge in [0.1, 0.15) is 18.3 Å². The number of aromatic nitrogens is 2. The van der Waals surface area contributed by atoms with Crippen LogP contribution >= 0.6 is 0 Å². The lowest BCUT2D eigenvalue weighted by Crippen LogP contribution is -2.38. The van der Waals surface area contributed by atoms with Gasteiger partial charge < -0.3 is 29.8 Å². The van der Waals surface area contributed by atoms with E-state index in [4.69, 9.17) is 19.9 Å². The molecular formula is C21H36N6O5. The molecule has 0 aromatic carbocycles. The second-order valence-electron chi connectivity index (χ2n) is 7.62. The van der Waals surface area contributed by atoms with Gasteiger partial charge in [0, 0.05) is 13.2 Å². The fraction of sp³-hybridized carbons (Fsp3) is 0.714. The number of aromatic amines is 1. The Hall–Kier alpha value is -2.50. The molecule has 32 heavy (non-hydrogen) atoms. The van der Waals surface area contributed by atoms with Gasteiger partial charge in [-0.3, -0.25) is 9.36 Å². The highest BCUT2D eigenvalue weighted by Crippen LogP contribution is 2.18. The number of esters is 1. The van der Waals surface area contributed by atoms with Crippen molar-refractivity contribution in [3.05, 3.63) is 16.2 Å². The van der Waals surface area contributed by atoms with E-state index in [0.717, 1.165) is 45.3 Å². The maximum atomic E-state index is 12.3. The Morgan fingerprint density at radius 3 is 2.59 bits per heavy atom. The molecule has 2 heterocycles. The van der Waals surface area contributed by atoms with Crippen LogP contribution in [0, 0.1) is 5.92 Å². The largest absolute Gasteiger partial charge is 0.469 e. The highest BCUT2D eigenvalue weighted by Gasteiger charge is 2.25. The molecule has 0 unspecified atom stereocenters. The Bertz CT molecular complexity index is 810. The summed E-state index contributed by atoms with van der Waals surface area (Å²) in [6.45, 7) is 10.00. The Morgan fingerprint density at radius 1 is 1.22 bits per heavy atom. The van der Waals surface area contributed by atoms with Crippen LogP contribution in [0.25, 0.3) is 0 Å². The van der Waals surface area contributed by atoms with Crippen LogP contribution in [0.4, 0.5) is 5.82 Å². The lowest BCUT2D eigenvalue weighted by molar-refractivity contribution is -0.147. The molecule has 1 aliphatic heterocycles. The molecule has 180 valence electrons. The summed E-state index contributed by atoms with van der Waals surface area (Å²) in [5.41, 5.74) is 5.98. The minimum Gasteiger partial charge on any atom is -0.469 e. The van der Waals surface area contributed by atoms with Gasteiger partial charge in [0.25, 0.3) is 0 Å². The number of nitrogens with two attached hydrogens (primary N) is 1. The van der Waals surface area contributed by atoms with Crippen molar-refractivity contribution >= 4 is 24.3 Å². The predicted molar refractivity (Wildman–Crippen MR) is 123 cm³/mol. The molecular weight excluding hydrogens is 416 g/mol. The molecule has 0 spiro atoms. The molecule has 2 rings (SSSR count). The summed E-state index contributed by atoms with van der Waals surface area (Å²) in [7, 11) is 1.43. The number of nitrogens with zero attached hydrogens (tertiary/aromatic N) is 4. The number of carbonyl (C=O) groups excluding carboxylic acids is 1. The molecule has 0 bridgehead atoms. The normalized spacial score (nSPS) is 15.8. The summed E-state index contributed by atoms with van der Waals surface area (Å²) >= 11 is 0. The number of amidine groups is 1. The number of rotatable bonds is 14. The average Bonchev–Trinajstić information content (AvgIpc) is 3.13. The summed E-state index contributed by atoms with van der Waals surface area (Å²) in [6.07, 6.45) is 3.59. The van der Waals surface area contributed by atoms with Crippen molar-refractivity contribution in [2.75, 3.05) is 53.3 Å². The van der Waals surface area contributed by atoms with Crippen molar-refractivity contribution in [1.82, 2.24) is 14.5 Å². The third-order valence-corrected chi connectivity index (χ3v) is 5.46. The lowest BCUT2D eigenvalue weighted by atomic mass is 9.97. The maximum Gasteiger partial charge on any atom is 0.327 e. The quantitative estimate of drug-likeness (QED) is 0.185. The number of imidazole rings is 1. The van der Waals surface area contributed by atoms with Crippen molar-refractivity contribution in [3.63, 3.8) is 0 Å². The van der Waals surface area contributed by atoms with Crippen LogP contribution in [0.15, 0.2) is 14.8 Å². The Labute approximate surface area is 188 Å². The number of methoxy groups -OCH3 is 1. The van der Waals surface area contributed by atoms with Crippen LogP contribution in [0.1, 0.15) is 38.3 Å². The summed E-state index contributed by atoms with van der Waals surface area (Å²) in [4.78, 5) is 37.0. The first-order valence-corrected chi connectivity index (χ1v) is 11.1. The molecule has 11 nitrogen and oxygen atoms in total. The second kappa shape index (κ2) is 13.8. The minimum absolute atomic E-state index is 0.00414. The molecule has 11 heteroatoms. The molecule has 0 aliphatic carbocycles. The minimum atomic E-state index is -0.346. The average molecular weight is 453 g/mol. The van der Waals surface area contributed by atoms with E-state index in [1.54, 1.807) is 0 Å². The van der Waals surface area contributed by atoms with Crippen molar-refractivity contribution in [2.24, 2.45) is 21.6 Å². The number of H-pyrrole nitrogens is 1. The van der Waals surface area contributed by atoms with Crippen molar-refractivity contribution < 1.29 is 19.0 Å². The first kappa shape index (κ1) is 25.8. The number of nitrogens with one attached hydrogen (secondary N) is 1. The van der Waals surface area contributed by atoms with Crippen LogP contribution in [-0.4, -0.2) is 86.3 Å². The van der Waals surface area contributed by atoms with E-state index in [-0.39, 0.29) is 30.1 Å². The molecule has 0 radical (unpaired) electrons. The summed E-state index contributed by atoms with van der Waals surface area (Å²) in [5, 5.41) is 0. The van der Waals surface area contributed by atoms with Crippen LogP contribution in [0.3, 0.4) is 0 Å². The smallest absolute Gasteiger partial charge is 0.327 e. The Morgan fingerprint density at radius 2 is 1.94 bits per heavy atom. The van der Waals surface area contributed by atoms with Gasteiger partial charge in [-0.1, -0.05) is 13.3 Å². The van der Waals surface area contributed by atoms with E-state index < -0.39 is 0 Å². The standard InChI is InChI=1S/C21H36N6O5/c1-4-5-12-32-15-24-18(22)17-19(23-2)27(21(29)25-17)11-14-31-13-10-26-8-6-16(7-9-26)20(28)30-3/h16H,2,4-15H2,1,3H3,(H2,22,24)(H,25,29). The van der Waals surface area contributed by atoms with Crippen LogP contribution in [-0.2, 0) is 25.5 Å². The number of ether oxygens (including phenoxy) is 3. The number of likely N-dealkylation sites (tertiary alicyclic amines) is 1. The van der Waals surface area contributed by atoms with Crippen molar-refractivity contribution in [3.8, 4) is 0 Å². The third-order valence-electron chi connectivity index (χ3n) is 5.46. The van der Waals surface area contributed by atoms with Crippen molar-refractivity contribution in [2.45, 2.75) is 39.2 Å². The van der Waals surface area contributed by atoms with E-state index in [2.05, 4.69) is 33.5 Å². The molecule has 3 N–H and O–H groups in total. The molecule has 1 saturated heterocycles. The van der Waals surface area contributed by atoms with Gasteiger partial charge in [-0.15, -0.1) is 0 Å².